The lowest BCUT2D eigenvalue weighted by atomic mass is 10.0. The van der Waals surface area contributed by atoms with Gasteiger partial charge < -0.3 is 19.3 Å². The van der Waals surface area contributed by atoms with Crippen LogP contribution in [0.25, 0.3) is 0 Å². The molecule has 4 aromatic carbocycles. The van der Waals surface area contributed by atoms with E-state index in [0.29, 0.717) is 0 Å². The van der Waals surface area contributed by atoms with Crippen molar-refractivity contribution in [3.63, 3.8) is 0 Å². The topological polar surface area (TPSA) is 119 Å². The van der Waals surface area contributed by atoms with Crippen LogP contribution in [0.5, 0.6) is 5.75 Å². The van der Waals surface area contributed by atoms with Crippen LogP contribution < -0.4 is 0 Å². The monoisotopic (exact) mass is 683 g/mol. The summed E-state index contributed by atoms with van der Waals surface area (Å²) in [6.45, 7) is -2.68. The maximum Gasteiger partial charge on any atom is 0.435 e. The molecule has 0 heterocycles. The number of hydrogen-bond donors (Lipinski definition) is 2. The van der Waals surface area contributed by atoms with E-state index in [2.05, 4.69) is 95.7 Å². The highest BCUT2D eigenvalue weighted by atomic mass is 32.2. The molecule has 0 aliphatic carbocycles. The molecule has 14 heteroatoms. The molecule has 0 atom stereocenters. The summed E-state index contributed by atoms with van der Waals surface area (Å²) in [5.74, 6) is -7.19. The molecule has 0 fully saturated rings. The quantitative estimate of drug-likeness (QED) is 0.0730. The molecule has 4 rings (SSSR count). The summed E-state index contributed by atoms with van der Waals surface area (Å²) >= 11 is 0. The smallest absolute Gasteiger partial charge is 0.435 e. The van der Waals surface area contributed by atoms with Crippen molar-refractivity contribution in [2.75, 3.05) is 20.8 Å². The molecular weight excluding hydrogens is 652 g/mol. The Kier molecular flexibility index (Phi) is 12.7. The number of hydrogen-bond acceptors (Lipinski definition) is 7. The maximum absolute atomic E-state index is 13.4. The van der Waals surface area contributed by atoms with E-state index in [1.807, 2.05) is 0 Å². The standard InChI is InChI=1S/C18H15S.C14H16F4O8S/c1-4-10-16(11-5-1)19(17-12-6-2-7-13-17)18-14-8-3-9-15-18;1-24-5-9-3-8(4-10(6-25-2)11(9)19)12(20)26-7-13(15,16)14(17,18)27(21,22)23/h1-15H;3-4,19H,5-7H2,1-2H3,(H,21,22,23)/q+1;. The van der Waals surface area contributed by atoms with E-state index in [0.717, 1.165) is 12.1 Å². The molecule has 0 spiro atoms. The number of halogens is 4. The lowest BCUT2D eigenvalue weighted by Crippen LogP contribution is -2.50. The Balaban J connectivity index is 0.000000264. The van der Waals surface area contributed by atoms with Crippen LogP contribution in [0.15, 0.2) is 118 Å². The Morgan fingerprint density at radius 3 is 1.43 bits per heavy atom. The molecular formula is C32H31F4O8S2+. The summed E-state index contributed by atoms with van der Waals surface area (Å²) in [5, 5.41) is 4.12. The molecule has 0 radical (unpaired) electrons. The minimum atomic E-state index is -6.45. The molecule has 246 valence electrons. The van der Waals surface area contributed by atoms with E-state index >= 15 is 0 Å². The van der Waals surface area contributed by atoms with Crippen LogP contribution in [0.2, 0.25) is 0 Å². The average molecular weight is 684 g/mol. The third-order valence-electron chi connectivity index (χ3n) is 6.17. The van der Waals surface area contributed by atoms with Crippen LogP contribution >= 0.6 is 0 Å². The number of phenols is 1. The zero-order valence-corrected chi connectivity index (χ0v) is 26.2. The van der Waals surface area contributed by atoms with Gasteiger partial charge in [0.05, 0.1) is 29.7 Å². The van der Waals surface area contributed by atoms with Gasteiger partial charge in [-0.05, 0) is 48.5 Å². The van der Waals surface area contributed by atoms with Crippen molar-refractivity contribution in [1.29, 1.82) is 0 Å². The van der Waals surface area contributed by atoms with Gasteiger partial charge in [-0.25, -0.2) is 4.79 Å². The second kappa shape index (κ2) is 16.1. The molecule has 0 amide bonds. The third kappa shape index (κ3) is 9.07. The van der Waals surface area contributed by atoms with Gasteiger partial charge in [0.25, 0.3) is 0 Å². The predicted octanol–water partition coefficient (Wildman–Crippen LogP) is 6.74. The predicted molar refractivity (Wildman–Crippen MR) is 163 cm³/mol. The fourth-order valence-electron chi connectivity index (χ4n) is 4.00. The summed E-state index contributed by atoms with van der Waals surface area (Å²) in [5.41, 5.74) is -0.277. The van der Waals surface area contributed by atoms with E-state index in [4.69, 9.17) is 14.0 Å². The lowest BCUT2D eigenvalue weighted by Gasteiger charge is -2.23. The molecule has 4 aromatic rings. The normalized spacial score (nSPS) is 11.9. The van der Waals surface area contributed by atoms with E-state index in [9.17, 15) is 35.9 Å². The van der Waals surface area contributed by atoms with Gasteiger partial charge >= 0.3 is 27.3 Å². The number of esters is 1. The number of carbonyl (C=O) groups is 1. The first-order valence-corrected chi connectivity index (χ1v) is 16.0. The Bertz CT molecular complexity index is 1550. The Labute approximate surface area is 266 Å². The minimum absolute atomic E-state index is 0.0146. The van der Waals surface area contributed by atoms with Crippen molar-refractivity contribution in [1.82, 2.24) is 0 Å². The van der Waals surface area contributed by atoms with Crippen molar-refractivity contribution in [2.24, 2.45) is 0 Å². The molecule has 0 saturated heterocycles. The zero-order chi connectivity index (χ0) is 34.0. The van der Waals surface area contributed by atoms with Crippen LogP contribution in [-0.2, 0) is 48.4 Å². The number of benzene rings is 4. The molecule has 0 saturated carbocycles. The number of carbonyl (C=O) groups excluding carboxylic acids is 1. The fraction of sp³-hybridized carbons (Fsp3) is 0.219. The number of methoxy groups -OCH3 is 2. The molecule has 46 heavy (non-hydrogen) atoms. The van der Waals surface area contributed by atoms with Crippen LogP contribution in [0.4, 0.5) is 17.6 Å². The molecule has 0 bridgehead atoms. The van der Waals surface area contributed by atoms with Crippen LogP contribution in [-0.4, -0.2) is 56.0 Å². The highest BCUT2D eigenvalue weighted by Crippen LogP contribution is 2.39. The Hall–Kier alpha value is -3.95. The first-order chi connectivity index (χ1) is 21.7. The summed E-state index contributed by atoms with van der Waals surface area (Å²) < 4.78 is 95.7. The second-order valence-electron chi connectivity index (χ2n) is 9.53. The largest absolute Gasteiger partial charge is 0.507 e. The number of rotatable bonds is 12. The van der Waals surface area contributed by atoms with Gasteiger partial charge in [0, 0.05) is 25.3 Å². The summed E-state index contributed by atoms with van der Waals surface area (Å²) in [4.78, 5) is 16.0. The molecule has 2 N–H and O–H groups in total. The molecule has 0 aliphatic rings. The van der Waals surface area contributed by atoms with E-state index < -0.39 is 39.4 Å². The van der Waals surface area contributed by atoms with Gasteiger partial charge in [-0.15, -0.1) is 0 Å². The Morgan fingerprint density at radius 1 is 0.739 bits per heavy atom. The van der Waals surface area contributed by atoms with Crippen molar-refractivity contribution in [2.45, 2.75) is 39.1 Å². The molecule has 8 nitrogen and oxygen atoms in total. The SMILES string of the molecule is COCc1cc(C(=O)OCC(F)(F)C(F)(F)S(=O)(=O)O)cc(COC)c1O.c1ccc([S+](c2ccccc2)c2ccccc2)cc1. The zero-order valence-electron chi connectivity index (χ0n) is 24.6. The lowest BCUT2D eigenvalue weighted by molar-refractivity contribution is -0.182. The van der Waals surface area contributed by atoms with E-state index in [-0.39, 0.29) is 41.0 Å². The van der Waals surface area contributed by atoms with Gasteiger partial charge in [0.1, 0.15) is 5.75 Å². The van der Waals surface area contributed by atoms with Crippen molar-refractivity contribution in [3.05, 3.63) is 120 Å². The molecule has 0 aliphatic heterocycles. The van der Waals surface area contributed by atoms with Gasteiger partial charge in [-0.2, -0.15) is 26.0 Å². The van der Waals surface area contributed by atoms with Gasteiger partial charge in [-0.3, -0.25) is 4.55 Å². The van der Waals surface area contributed by atoms with Crippen LogP contribution in [0.3, 0.4) is 0 Å². The van der Waals surface area contributed by atoms with Crippen molar-refractivity contribution in [3.8, 4) is 5.75 Å². The summed E-state index contributed by atoms with van der Waals surface area (Å²) in [6.07, 6.45) is 0. The third-order valence-corrected chi connectivity index (χ3v) is 9.35. The maximum atomic E-state index is 13.4. The van der Waals surface area contributed by atoms with Crippen LogP contribution in [0, 0.1) is 0 Å². The van der Waals surface area contributed by atoms with Gasteiger partial charge in [0.2, 0.25) is 0 Å². The van der Waals surface area contributed by atoms with Crippen molar-refractivity contribution < 1.29 is 54.6 Å². The number of ether oxygens (including phenoxy) is 3. The fourth-order valence-corrected chi connectivity index (χ4v) is 6.54. The van der Waals surface area contributed by atoms with Gasteiger partial charge in [0.15, 0.2) is 21.3 Å². The Morgan fingerprint density at radius 2 is 1.11 bits per heavy atom. The summed E-state index contributed by atoms with van der Waals surface area (Å²) in [7, 11) is -3.91. The van der Waals surface area contributed by atoms with Crippen LogP contribution in [0.1, 0.15) is 21.5 Å². The first kappa shape index (κ1) is 36.5. The van der Waals surface area contributed by atoms with E-state index in [1.165, 1.54) is 28.9 Å². The van der Waals surface area contributed by atoms with E-state index in [1.54, 1.807) is 0 Å². The molecule has 0 aromatic heterocycles. The number of alkyl halides is 4. The second-order valence-corrected chi connectivity index (χ2v) is 13.0. The number of phenolic OH excluding ortho intramolecular Hbond substituents is 1. The van der Waals surface area contributed by atoms with Crippen molar-refractivity contribution >= 4 is 27.0 Å². The highest BCUT2D eigenvalue weighted by Gasteiger charge is 2.66. The first-order valence-electron chi connectivity index (χ1n) is 13.4. The average Bonchev–Trinajstić information content (AvgIpc) is 3.03. The number of aromatic hydroxyl groups is 1. The molecule has 0 unspecified atom stereocenters. The highest BCUT2D eigenvalue weighted by molar-refractivity contribution is 7.97. The van der Waals surface area contributed by atoms with Gasteiger partial charge in [-0.1, -0.05) is 54.6 Å². The summed E-state index contributed by atoms with van der Waals surface area (Å²) in [6, 6.07) is 34.2. The minimum Gasteiger partial charge on any atom is -0.507 e.